The molecule has 3 aliphatic carbocycles. The predicted octanol–water partition coefficient (Wildman–Crippen LogP) is 6.08. The Morgan fingerprint density at radius 1 is 1.06 bits per heavy atom. The van der Waals surface area contributed by atoms with E-state index in [1.807, 2.05) is 10.7 Å². The molecule has 1 heterocycles. The first-order valence-corrected chi connectivity index (χ1v) is 12.3. The van der Waals surface area contributed by atoms with Crippen molar-refractivity contribution < 1.29 is 14.7 Å². The lowest BCUT2D eigenvalue weighted by Gasteiger charge is -2.56. The lowest BCUT2D eigenvalue weighted by Crippen LogP contribution is -2.50. The third-order valence-electron chi connectivity index (χ3n) is 8.03. The Morgan fingerprint density at radius 3 is 2.45 bits per heavy atom. The highest BCUT2D eigenvalue weighted by atomic mass is 35.5. The van der Waals surface area contributed by atoms with Gasteiger partial charge in [-0.2, -0.15) is 5.10 Å². The van der Waals surface area contributed by atoms with Crippen LogP contribution in [-0.2, 0) is 11.3 Å². The van der Waals surface area contributed by atoms with E-state index in [0.29, 0.717) is 29.5 Å². The molecule has 2 aromatic carbocycles. The molecule has 6 rings (SSSR count). The van der Waals surface area contributed by atoms with Crippen molar-refractivity contribution in [1.82, 2.24) is 9.78 Å². The van der Waals surface area contributed by atoms with Gasteiger partial charge in [-0.1, -0.05) is 35.9 Å². The predicted molar refractivity (Wildman–Crippen MR) is 127 cm³/mol. The molecule has 0 radical (unpaired) electrons. The van der Waals surface area contributed by atoms with Gasteiger partial charge in [0, 0.05) is 17.4 Å². The van der Waals surface area contributed by atoms with E-state index >= 15 is 0 Å². The highest BCUT2D eigenvalue weighted by Crippen LogP contribution is 2.62. The molecule has 170 valence electrons. The summed E-state index contributed by atoms with van der Waals surface area (Å²) in [4.78, 5) is 24.4. The first kappa shape index (κ1) is 20.9. The van der Waals surface area contributed by atoms with Crippen LogP contribution in [0, 0.1) is 17.3 Å². The Kier molecular flexibility index (Phi) is 4.88. The molecule has 5 nitrogen and oxygen atoms in total. The summed E-state index contributed by atoms with van der Waals surface area (Å²) in [5.41, 5.74) is 4.23. The summed E-state index contributed by atoms with van der Waals surface area (Å²) in [6.45, 7) is 0.595. The minimum atomic E-state index is -0.681. The Bertz CT molecular complexity index is 1240. The van der Waals surface area contributed by atoms with E-state index in [4.69, 9.17) is 16.7 Å². The van der Waals surface area contributed by atoms with Gasteiger partial charge >= 0.3 is 5.97 Å². The quantitative estimate of drug-likeness (QED) is 0.432. The number of carboxylic acids is 1. The number of benzene rings is 2. The molecule has 3 fully saturated rings. The number of aromatic nitrogens is 2. The van der Waals surface area contributed by atoms with Crippen LogP contribution in [0.25, 0.3) is 10.9 Å². The van der Waals surface area contributed by atoms with Crippen molar-refractivity contribution >= 4 is 34.3 Å². The number of hydrogen-bond donors (Lipinski definition) is 1. The van der Waals surface area contributed by atoms with Crippen molar-refractivity contribution in [2.24, 2.45) is 17.3 Å². The summed E-state index contributed by atoms with van der Waals surface area (Å²) in [5.74, 6) is 0.318. The number of aliphatic carboxylic acids is 1. The summed E-state index contributed by atoms with van der Waals surface area (Å²) in [6.07, 6.45) is 8.29. The van der Waals surface area contributed by atoms with Crippen LogP contribution in [0.5, 0.6) is 0 Å². The molecule has 0 atom stereocenters. The fourth-order valence-corrected chi connectivity index (χ4v) is 6.38. The lowest BCUT2D eigenvalue weighted by atomic mass is 9.47. The van der Waals surface area contributed by atoms with Crippen LogP contribution < -0.4 is 0 Å². The first-order valence-electron chi connectivity index (χ1n) is 11.9. The van der Waals surface area contributed by atoms with Gasteiger partial charge < -0.3 is 5.11 Å². The summed E-state index contributed by atoms with van der Waals surface area (Å²) in [6, 6.07) is 12.4. The maximum Gasteiger partial charge on any atom is 0.306 e. The highest BCUT2D eigenvalue weighted by Gasteiger charge is 2.54. The van der Waals surface area contributed by atoms with Gasteiger partial charge in [0.2, 0.25) is 0 Å². The number of nitrogens with zero attached hydrogens (tertiary/aromatic N) is 2. The summed E-state index contributed by atoms with van der Waals surface area (Å²) in [5, 5.41) is 15.1. The molecule has 33 heavy (non-hydrogen) atoms. The number of carboxylic acid groups (broad SMARTS) is 1. The highest BCUT2D eigenvalue weighted by molar-refractivity contribution is 6.36. The average Bonchev–Trinajstić information content (AvgIpc) is 3.50. The Morgan fingerprint density at radius 2 is 1.79 bits per heavy atom. The molecule has 3 aliphatic rings. The van der Waals surface area contributed by atoms with E-state index in [1.54, 1.807) is 12.3 Å². The summed E-state index contributed by atoms with van der Waals surface area (Å²) in [7, 11) is 0. The number of carbonyl (C=O) groups excluding carboxylic acids is 1. The second-order valence-corrected chi connectivity index (χ2v) is 10.9. The molecule has 0 amide bonds. The first-order chi connectivity index (χ1) is 15.9. The normalized spacial score (nSPS) is 26.2. The van der Waals surface area contributed by atoms with Crippen molar-refractivity contribution in [2.75, 3.05) is 0 Å². The minimum absolute atomic E-state index is 0.122. The van der Waals surface area contributed by atoms with Crippen LogP contribution in [0.15, 0.2) is 42.6 Å². The van der Waals surface area contributed by atoms with Crippen LogP contribution in [0.4, 0.5) is 0 Å². The van der Waals surface area contributed by atoms with Gasteiger partial charge in [0.05, 0.1) is 29.2 Å². The van der Waals surface area contributed by atoms with Gasteiger partial charge in [0.25, 0.3) is 0 Å². The molecule has 1 N–H and O–H groups in total. The standard InChI is InChI=1S/C27H27ClN2O3/c28-23-8-7-21(24(31)9-17-10-27(11-17)12-20(13-27)26(32)33)25-22(23)14-29-30(25)15-16-1-3-18(4-2-16)19-5-6-19/h1-4,7-8,14,17,19-20H,5-6,9-13,15H2,(H,32,33). The number of ketones is 1. The number of hydrogen-bond acceptors (Lipinski definition) is 3. The van der Waals surface area contributed by atoms with Crippen molar-refractivity contribution in [3.05, 3.63) is 64.3 Å². The van der Waals surface area contributed by atoms with Gasteiger partial charge in [-0.25, -0.2) is 0 Å². The second-order valence-electron chi connectivity index (χ2n) is 10.5. The lowest BCUT2D eigenvalue weighted by molar-refractivity contribution is -0.157. The topological polar surface area (TPSA) is 72.2 Å². The number of halogens is 1. The van der Waals surface area contributed by atoms with E-state index in [-0.39, 0.29) is 17.1 Å². The van der Waals surface area contributed by atoms with E-state index in [0.717, 1.165) is 48.1 Å². The van der Waals surface area contributed by atoms with E-state index in [9.17, 15) is 9.59 Å². The number of rotatable bonds is 7. The molecule has 6 heteroatoms. The molecule has 3 saturated carbocycles. The van der Waals surface area contributed by atoms with Crippen LogP contribution in [0.3, 0.4) is 0 Å². The Hall–Kier alpha value is -2.66. The second kappa shape index (κ2) is 7.69. The van der Waals surface area contributed by atoms with Crippen molar-refractivity contribution in [3.63, 3.8) is 0 Å². The smallest absolute Gasteiger partial charge is 0.306 e. The fraction of sp³-hybridized carbons (Fsp3) is 0.444. The van der Waals surface area contributed by atoms with Gasteiger partial charge in [-0.3, -0.25) is 14.3 Å². The summed E-state index contributed by atoms with van der Waals surface area (Å²) >= 11 is 6.45. The zero-order valence-corrected chi connectivity index (χ0v) is 19.2. The van der Waals surface area contributed by atoms with E-state index < -0.39 is 5.97 Å². The average molecular weight is 463 g/mol. The molecule has 0 aliphatic heterocycles. The zero-order chi connectivity index (χ0) is 22.7. The Balaban J connectivity index is 1.19. The van der Waals surface area contributed by atoms with Crippen LogP contribution in [0.2, 0.25) is 5.02 Å². The van der Waals surface area contributed by atoms with Gasteiger partial charge in [0.15, 0.2) is 5.78 Å². The molecule has 0 unspecified atom stereocenters. The zero-order valence-electron chi connectivity index (χ0n) is 18.5. The fourth-order valence-electron chi connectivity index (χ4n) is 6.17. The maximum atomic E-state index is 13.3. The molecule has 3 aromatic rings. The van der Waals surface area contributed by atoms with Gasteiger partial charge in [0.1, 0.15) is 0 Å². The number of carbonyl (C=O) groups is 2. The largest absolute Gasteiger partial charge is 0.481 e. The van der Waals surface area contributed by atoms with Crippen molar-refractivity contribution in [1.29, 1.82) is 0 Å². The maximum absolute atomic E-state index is 13.3. The van der Waals surface area contributed by atoms with Crippen LogP contribution >= 0.6 is 11.6 Å². The SMILES string of the molecule is O=C(CC1CC2(C1)CC(C(=O)O)C2)c1ccc(Cl)c2cnn(Cc3ccc(C4CC4)cc3)c12. The van der Waals surface area contributed by atoms with Crippen molar-refractivity contribution in [2.45, 2.75) is 57.4 Å². The molecule has 1 aromatic heterocycles. The minimum Gasteiger partial charge on any atom is -0.481 e. The number of Topliss-reactive ketones (excluding diaryl/α,β-unsaturated/α-hetero) is 1. The van der Waals surface area contributed by atoms with Gasteiger partial charge in [-0.05, 0) is 79.0 Å². The summed E-state index contributed by atoms with van der Waals surface area (Å²) < 4.78 is 1.90. The van der Waals surface area contributed by atoms with Crippen LogP contribution in [0.1, 0.15) is 72.3 Å². The molecule has 0 saturated heterocycles. The third kappa shape index (κ3) is 3.76. The monoisotopic (exact) mass is 462 g/mol. The molecule has 1 spiro atoms. The van der Waals surface area contributed by atoms with E-state index in [1.165, 1.54) is 18.4 Å². The number of fused-ring (bicyclic) bond motifs is 1. The van der Waals surface area contributed by atoms with Crippen molar-refractivity contribution in [3.8, 4) is 0 Å². The van der Waals surface area contributed by atoms with E-state index in [2.05, 4.69) is 29.4 Å². The molecular weight excluding hydrogens is 436 g/mol. The van der Waals surface area contributed by atoms with Gasteiger partial charge in [-0.15, -0.1) is 0 Å². The Labute approximate surface area is 197 Å². The third-order valence-corrected chi connectivity index (χ3v) is 8.36. The van der Waals surface area contributed by atoms with Crippen LogP contribution in [-0.4, -0.2) is 26.6 Å². The molecular formula is C27H27ClN2O3. The molecule has 0 bridgehead atoms.